The first-order valence-corrected chi connectivity index (χ1v) is 10.9. The van der Waals surface area contributed by atoms with Crippen LogP contribution in [0.1, 0.15) is 16.7 Å². The van der Waals surface area contributed by atoms with Crippen LogP contribution in [0.5, 0.6) is 0 Å². The third-order valence-corrected chi connectivity index (χ3v) is 6.99. The zero-order valence-electron chi connectivity index (χ0n) is 16.7. The molecule has 3 rings (SSSR count). The number of para-hydroxylation sites is 1. The lowest BCUT2D eigenvalue weighted by molar-refractivity contribution is -0.385. The largest absolute Gasteiger partial charge is 0.416 e. The Balaban J connectivity index is 1.81. The minimum Gasteiger partial charge on any atom is -0.296 e. The van der Waals surface area contributed by atoms with Gasteiger partial charge in [-0.3, -0.25) is 15.0 Å². The van der Waals surface area contributed by atoms with Gasteiger partial charge in [0.2, 0.25) is 10.0 Å². The van der Waals surface area contributed by atoms with E-state index in [1.165, 1.54) is 12.1 Å². The summed E-state index contributed by atoms with van der Waals surface area (Å²) in [5.74, 6) is 0. The number of nitrogens with zero attached hydrogens (tertiary/aromatic N) is 3. The highest BCUT2D eigenvalue weighted by molar-refractivity contribution is 7.89. The molecule has 1 saturated heterocycles. The van der Waals surface area contributed by atoms with Crippen molar-refractivity contribution in [3.63, 3.8) is 0 Å². The molecule has 1 aliphatic heterocycles. The molecule has 1 fully saturated rings. The van der Waals surface area contributed by atoms with E-state index in [9.17, 15) is 44.9 Å². The van der Waals surface area contributed by atoms with E-state index >= 15 is 0 Å². The molecule has 0 bridgehead atoms. The van der Waals surface area contributed by atoms with Gasteiger partial charge < -0.3 is 0 Å². The van der Waals surface area contributed by atoms with Gasteiger partial charge in [-0.05, 0) is 18.2 Å². The molecule has 0 aromatic heterocycles. The molecule has 0 atom stereocenters. The van der Waals surface area contributed by atoms with E-state index < -0.39 is 43.3 Å². The van der Waals surface area contributed by atoms with Gasteiger partial charge in [0.05, 0.1) is 20.9 Å². The van der Waals surface area contributed by atoms with Crippen LogP contribution >= 0.6 is 0 Å². The van der Waals surface area contributed by atoms with Crippen molar-refractivity contribution in [2.24, 2.45) is 0 Å². The summed E-state index contributed by atoms with van der Waals surface area (Å²) in [6.45, 7) is -0.124. The van der Waals surface area contributed by atoms with Crippen LogP contribution in [0.4, 0.5) is 32.0 Å². The van der Waals surface area contributed by atoms with Crippen molar-refractivity contribution >= 4 is 15.7 Å². The molecule has 0 unspecified atom stereocenters. The monoisotopic (exact) mass is 497 g/mol. The molecule has 0 radical (unpaired) electrons. The van der Waals surface area contributed by atoms with Crippen molar-refractivity contribution in [1.82, 2.24) is 9.21 Å². The average molecular weight is 497 g/mol. The van der Waals surface area contributed by atoms with Crippen LogP contribution < -0.4 is 0 Å². The van der Waals surface area contributed by atoms with Crippen molar-refractivity contribution < 1.29 is 39.7 Å². The SMILES string of the molecule is O=[N+]([O-])c1ccccc1CN1CCN(S(=O)(=O)c2cc(C(F)(F)F)cc(C(F)(F)F)c2)CC1. The van der Waals surface area contributed by atoms with Crippen LogP contribution in [0.15, 0.2) is 47.4 Å². The van der Waals surface area contributed by atoms with Crippen LogP contribution in [0.25, 0.3) is 0 Å². The Labute approximate surface area is 184 Å². The Morgan fingerprint density at radius 3 is 1.88 bits per heavy atom. The zero-order valence-corrected chi connectivity index (χ0v) is 17.5. The summed E-state index contributed by atoms with van der Waals surface area (Å²) in [5, 5.41) is 11.1. The first-order chi connectivity index (χ1) is 15.2. The Morgan fingerprint density at radius 2 is 1.39 bits per heavy atom. The quantitative estimate of drug-likeness (QED) is 0.352. The number of benzene rings is 2. The number of piperazine rings is 1. The Morgan fingerprint density at radius 1 is 0.879 bits per heavy atom. The fourth-order valence-corrected chi connectivity index (χ4v) is 4.91. The molecule has 0 aliphatic carbocycles. The molecular weight excluding hydrogens is 480 g/mol. The topological polar surface area (TPSA) is 83.8 Å². The lowest BCUT2D eigenvalue weighted by atomic mass is 10.1. The molecule has 0 amide bonds. The van der Waals surface area contributed by atoms with Gasteiger partial charge in [0, 0.05) is 44.4 Å². The van der Waals surface area contributed by atoms with Crippen molar-refractivity contribution in [3.8, 4) is 0 Å². The van der Waals surface area contributed by atoms with Crippen LogP contribution in [0.2, 0.25) is 0 Å². The third kappa shape index (κ3) is 5.62. The first kappa shape index (κ1) is 24.9. The minimum atomic E-state index is -5.17. The van der Waals surface area contributed by atoms with Crippen molar-refractivity contribution in [2.75, 3.05) is 26.2 Å². The summed E-state index contributed by atoms with van der Waals surface area (Å²) in [6.07, 6.45) is -10.3. The van der Waals surface area contributed by atoms with Gasteiger partial charge in [0.1, 0.15) is 0 Å². The molecule has 0 saturated carbocycles. The van der Waals surface area contributed by atoms with Gasteiger partial charge >= 0.3 is 12.4 Å². The highest BCUT2D eigenvalue weighted by atomic mass is 32.2. The minimum absolute atomic E-state index is 0.0797. The summed E-state index contributed by atoms with van der Waals surface area (Å²) in [6, 6.07) is 6.20. The third-order valence-electron chi connectivity index (χ3n) is 5.11. The van der Waals surface area contributed by atoms with Crippen molar-refractivity contribution in [2.45, 2.75) is 23.8 Å². The van der Waals surface area contributed by atoms with Crippen molar-refractivity contribution in [1.29, 1.82) is 0 Å². The maximum Gasteiger partial charge on any atom is 0.416 e. The fraction of sp³-hybridized carbons (Fsp3) is 0.368. The van der Waals surface area contributed by atoms with Gasteiger partial charge in [-0.15, -0.1) is 0 Å². The molecule has 0 spiro atoms. The molecule has 7 nitrogen and oxygen atoms in total. The van der Waals surface area contributed by atoms with E-state index in [2.05, 4.69) is 0 Å². The van der Waals surface area contributed by atoms with E-state index in [0.717, 1.165) is 4.31 Å². The smallest absolute Gasteiger partial charge is 0.296 e. The highest BCUT2D eigenvalue weighted by Crippen LogP contribution is 2.38. The molecule has 2 aromatic rings. The maximum atomic E-state index is 13.1. The Hall–Kier alpha value is -2.71. The van der Waals surface area contributed by atoms with Crippen LogP contribution in [0, 0.1) is 10.1 Å². The van der Waals surface area contributed by atoms with Gasteiger partial charge in [-0.1, -0.05) is 18.2 Å². The lowest BCUT2D eigenvalue weighted by Crippen LogP contribution is -2.48. The number of hydrogen-bond donors (Lipinski definition) is 0. The molecule has 2 aromatic carbocycles. The molecule has 33 heavy (non-hydrogen) atoms. The molecule has 1 aliphatic rings. The number of alkyl halides is 6. The standard InChI is InChI=1S/C19H17F6N3O4S/c20-18(21,22)14-9-15(19(23,24)25)11-16(10-14)33(31,32)27-7-5-26(6-8-27)12-13-3-1-2-4-17(13)28(29)30/h1-4,9-11H,5-8,12H2. The number of nitro groups is 1. The summed E-state index contributed by atoms with van der Waals surface area (Å²) >= 11 is 0. The zero-order chi connectivity index (χ0) is 24.6. The fourth-order valence-electron chi connectivity index (χ4n) is 3.42. The predicted octanol–water partition coefficient (Wildman–Crippen LogP) is 4.14. The Kier molecular flexibility index (Phi) is 6.73. The van der Waals surface area contributed by atoms with E-state index in [1.54, 1.807) is 17.0 Å². The summed E-state index contributed by atoms with van der Waals surface area (Å²) < 4.78 is 105. The number of sulfonamides is 1. The predicted molar refractivity (Wildman–Crippen MR) is 104 cm³/mol. The van der Waals surface area contributed by atoms with Gasteiger partial charge in [-0.2, -0.15) is 30.6 Å². The second kappa shape index (κ2) is 8.91. The molecule has 0 N–H and O–H groups in total. The van der Waals surface area contributed by atoms with E-state index in [-0.39, 0.29) is 56.6 Å². The number of halogens is 6. The van der Waals surface area contributed by atoms with Crippen LogP contribution in [-0.2, 0) is 28.9 Å². The van der Waals surface area contributed by atoms with E-state index in [4.69, 9.17) is 0 Å². The second-order valence-corrected chi connectivity index (χ2v) is 9.25. The maximum absolute atomic E-state index is 13.1. The summed E-state index contributed by atoms with van der Waals surface area (Å²) in [7, 11) is -4.65. The van der Waals surface area contributed by atoms with Crippen LogP contribution in [0.3, 0.4) is 0 Å². The molecular formula is C19H17F6N3O4S. The second-order valence-electron chi connectivity index (χ2n) is 7.31. The average Bonchev–Trinajstić information content (AvgIpc) is 2.73. The number of nitro benzene ring substituents is 1. The summed E-state index contributed by atoms with van der Waals surface area (Å²) in [5.41, 5.74) is -3.15. The van der Waals surface area contributed by atoms with Gasteiger partial charge in [0.25, 0.3) is 5.69 Å². The van der Waals surface area contributed by atoms with E-state index in [1.807, 2.05) is 0 Å². The van der Waals surface area contributed by atoms with Gasteiger partial charge in [-0.25, -0.2) is 8.42 Å². The van der Waals surface area contributed by atoms with Crippen molar-refractivity contribution in [3.05, 3.63) is 69.3 Å². The normalized spacial score (nSPS) is 16.7. The van der Waals surface area contributed by atoms with Gasteiger partial charge in [0.15, 0.2) is 0 Å². The molecule has 14 heteroatoms. The van der Waals surface area contributed by atoms with E-state index in [0.29, 0.717) is 5.56 Å². The number of hydrogen-bond acceptors (Lipinski definition) is 5. The Bertz CT molecular complexity index is 1110. The number of rotatable bonds is 5. The van der Waals surface area contributed by atoms with Crippen LogP contribution in [-0.4, -0.2) is 48.7 Å². The summed E-state index contributed by atoms with van der Waals surface area (Å²) in [4.78, 5) is 11.2. The highest BCUT2D eigenvalue weighted by Gasteiger charge is 2.39. The first-order valence-electron chi connectivity index (χ1n) is 9.44. The molecule has 180 valence electrons. The lowest BCUT2D eigenvalue weighted by Gasteiger charge is -2.34. The molecule has 1 heterocycles.